The molecule has 0 spiro atoms. The molecular weight excluding hydrogens is 474 g/mol. The van der Waals surface area contributed by atoms with Crippen molar-refractivity contribution in [2.75, 3.05) is 0 Å². The van der Waals surface area contributed by atoms with Crippen LogP contribution < -0.4 is 27.4 Å². The molecule has 0 aliphatic heterocycles. The molecule has 0 saturated heterocycles. The summed E-state index contributed by atoms with van der Waals surface area (Å²) in [4.78, 5) is 75.0. The maximum absolute atomic E-state index is 13.0. The number of carboxylic acids is 1. The number of amides is 4. The molecule has 0 saturated carbocycles. The molecule has 10 N–H and O–H groups in total. The maximum atomic E-state index is 13.0. The number of nitrogens with one attached hydrogen (secondary N) is 5. The number of rotatable bonds is 14. The highest BCUT2D eigenvalue weighted by molar-refractivity contribution is 5.96. The van der Waals surface area contributed by atoms with Crippen molar-refractivity contribution in [3.05, 3.63) is 36.4 Å². The molecule has 0 aliphatic rings. The van der Waals surface area contributed by atoms with Crippen molar-refractivity contribution in [1.82, 2.24) is 35.9 Å². The molecule has 2 rings (SSSR count). The Balaban J connectivity index is 2.17. The van der Waals surface area contributed by atoms with E-state index in [1.54, 1.807) is 13.8 Å². The van der Waals surface area contributed by atoms with Crippen LogP contribution in [-0.2, 0) is 36.8 Å². The van der Waals surface area contributed by atoms with Crippen LogP contribution >= 0.6 is 0 Å². The van der Waals surface area contributed by atoms with Gasteiger partial charge in [-0.15, -0.1) is 0 Å². The first-order chi connectivity index (χ1) is 17.0. The predicted octanol–water partition coefficient (Wildman–Crippen LogP) is -2.68. The molecule has 0 aliphatic carbocycles. The second kappa shape index (κ2) is 13.0. The number of nitrogens with two attached hydrogens (primary N) is 2. The van der Waals surface area contributed by atoms with Crippen LogP contribution in [-0.4, -0.2) is 78.8 Å². The van der Waals surface area contributed by atoms with Crippen LogP contribution in [0.5, 0.6) is 0 Å². The zero-order valence-corrected chi connectivity index (χ0v) is 19.9. The maximum Gasteiger partial charge on any atom is 0.326 e. The van der Waals surface area contributed by atoms with E-state index in [0.29, 0.717) is 11.4 Å². The molecular formula is C21H31N9O6. The van der Waals surface area contributed by atoms with Gasteiger partial charge in [-0.05, 0) is 5.92 Å². The number of aliphatic carboxylic acids is 1. The summed E-state index contributed by atoms with van der Waals surface area (Å²) in [5.41, 5.74) is 12.2. The van der Waals surface area contributed by atoms with Crippen LogP contribution in [0.15, 0.2) is 25.0 Å². The van der Waals surface area contributed by atoms with Gasteiger partial charge in [0.25, 0.3) is 0 Å². The van der Waals surface area contributed by atoms with E-state index in [2.05, 4.69) is 35.9 Å². The Morgan fingerprint density at radius 1 is 0.889 bits per heavy atom. The fraction of sp³-hybridized carbons (Fsp3) is 0.476. The monoisotopic (exact) mass is 505 g/mol. The Labute approximate surface area is 206 Å². The van der Waals surface area contributed by atoms with Crippen molar-refractivity contribution in [2.45, 2.75) is 57.3 Å². The molecule has 4 unspecified atom stereocenters. The lowest BCUT2D eigenvalue weighted by atomic mass is 10.0. The van der Waals surface area contributed by atoms with E-state index < -0.39 is 66.1 Å². The third-order valence-electron chi connectivity index (χ3n) is 5.21. The van der Waals surface area contributed by atoms with Crippen LogP contribution in [0, 0.1) is 5.92 Å². The van der Waals surface area contributed by atoms with Gasteiger partial charge in [-0.3, -0.25) is 19.2 Å². The summed E-state index contributed by atoms with van der Waals surface area (Å²) in [5.74, 6) is -4.95. The number of aromatic nitrogens is 4. The number of aromatic amines is 2. The molecule has 15 nitrogen and oxygen atoms in total. The summed E-state index contributed by atoms with van der Waals surface area (Å²) in [5, 5.41) is 16.7. The molecule has 2 heterocycles. The molecule has 4 amide bonds. The normalized spacial score (nSPS) is 14.3. The largest absolute Gasteiger partial charge is 0.480 e. The minimum Gasteiger partial charge on any atom is -0.480 e. The second-order valence-corrected chi connectivity index (χ2v) is 8.53. The topological polar surface area (TPSA) is 251 Å². The molecule has 0 fully saturated rings. The molecule has 2 aromatic rings. The minimum absolute atomic E-state index is 0.0708. The average Bonchev–Trinajstić information content (AvgIpc) is 3.49. The standard InChI is InChI=1S/C21H31N9O6/c1-10(2)17(21(35)36)30-20(34)14(4-12-7-25-9-27-12)29-19(33)15(5-16(23)31)28-18(32)13(22)3-11-6-24-8-26-11/h6-10,13-15,17H,3-5,22H2,1-2H3,(H2,23,31)(H,24,26)(H,25,27)(H,28,32)(H,29,33)(H,30,34)(H,35,36). The van der Waals surface area contributed by atoms with Crippen LogP contribution in [0.2, 0.25) is 0 Å². The van der Waals surface area contributed by atoms with E-state index in [4.69, 9.17) is 11.5 Å². The van der Waals surface area contributed by atoms with Gasteiger partial charge in [-0.1, -0.05) is 13.8 Å². The number of H-pyrrole nitrogens is 2. The van der Waals surface area contributed by atoms with Gasteiger partial charge < -0.3 is 42.5 Å². The molecule has 0 bridgehead atoms. The highest BCUT2D eigenvalue weighted by atomic mass is 16.4. The smallest absolute Gasteiger partial charge is 0.326 e. The van der Waals surface area contributed by atoms with Crippen molar-refractivity contribution in [3.8, 4) is 0 Å². The van der Waals surface area contributed by atoms with E-state index >= 15 is 0 Å². The van der Waals surface area contributed by atoms with Gasteiger partial charge in [0.2, 0.25) is 23.6 Å². The first kappa shape index (κ1) is 28.0. The summed E-state index contributed by atoms with van der Waals surface area (Å²) in [6.07, 6.45) is 5.17. The second-order valence-electron chi connectivity index (χ2n) is 8.53. The number of hydrogen-bond acceptors (Lipinski definition) is 8. The number of imidazole rings is 2. The lowest BCUT2D eigenvalue weighted by molar-refractivity contribution is -0.143. The average molecular weight is 506 g/mol. The minimum atomic E-state index is -1.43. The summed E-state index contributed by atoms with van der Waals surface area (Å²) in [6, 6.07) is -4.97. The number of carbonyl (C=O) groups excluding carboxylic acids is 4. The van der Waals surface area contributed by atoms with E-state index in [0.717, 1.165) is 0 Å². The van der Waals surface area contributed by atoms with E-state index in [1.165, 1.54) is 25.0 Å². The summed E-state index contributed by atoms with van der Waals surface area (Å²) in [6.45, 7) is 3.24. The molecule has 36 heavy (non-hydrogen) atoms. The molecule has 4 atom stereocenters. The lowest BCUT2D eigenvalue weighted by Crippen LogP contribution is -2.58. The van der Waals surface area contributed by atoms with Gasteiger partial charge in [-0.25, -0.2) is 14.8 Å². The first-order valence-electron chi connectivity index (χ1n) is 11.1. The lowest BCUT2D eigenvalue weighted by Gasteiger charge is -2.25. The van der Waals surface area contributed by atoms with Gasteiger partial charge in [0.05, 0.1) is 25.1 Å². The zero-order valence-electron chi connectivity index (χ0n) is 19.9. The van der Waals surface area contributed by atoms with Crippen LogP contribution in [0.1, 0.15) is 31.7 Å². The third kappa shape index (κ3) is 8.50. The van der Waals surface area contributed by atoms with E-state index in [9.17, 15) is 29.1 Å². The first-order valence-corrected chi connectivity index (χ1v) is 11.1. The Morgan fingerprint density at radius 3 is 1.89 bits per heavy atom. The summed E-state index contributed by atoms with van der Waals surface area (Å²) < 4.78 is 0. The fourth-order valence-corrected chi connectivity index (χ4v) is 3.28. The molecule has 15 heteroatoms. The van der Waals surface area contributed by atoms with Gasteiger partial charge in [-0.2, -0.15) is 0 Å². The number of primary amides is 1. The zero-order chi connectivity index (χ0) is 26.8. The predicted molar refractivity (Wildman–Crippen MR) is 125 cm³/mol. The van der Waals surface area contributed by atoms with Crippen molar-refractivity contribution in [1.29, 1.82) is 0 Å². The van der Waals surface area contributed by atoms with E-state index in [1.807, 2.05) is 0 Å². The van der Waals surface area contributed by atoms with Gasteiger partial charge in [0.1, 0.15) is 18.1 Å². The van der Waals surface area contributed by atoms with Crippen molar-refractivity contribution in [3.63, 3.8) is 0 Å². The summed E-state index contributed by atoms with van der Waals surface area (Å²) >= 11 is 0. The number of carbonyl (C=O) groups is 5. The number of nitrogens with zero attached hydrogens (tertiary/aromatic N) is 2. The van der Waals surface area contributed by atoms with Crippen LogP contribution in [0.25, 0.3) is 0 Å². The Bertz CT molecular complexity index is 1040. The molecule has 196 valence electrons. The Morgan fingerprint density at radius 2 is 1.42 bits per heavy atom. The highest BCUT2D eigenvalue weighted by Gasteiger charge is 2.32. The van der Waals surface area contributed by atoms with Gasteiger partial charge in [0.15, 0.2) is 0 Å². The molecule has 2 aromatic heterocycles. The van der Waals surface area contributed by atoms with Crippen LogP contribution in [0.4, 0.5) is 0 Å². The SMILES string of the molecule is CC(C)C(NC(=O)C(Cc1cnc[nH]1)NC(=O)C(CC(N)=O)NC(=O)C(N)Cc1cnc[nH]1)C(=O)O. The van der Waals surface area contributed by atoms with Gasteiger partial charge >= 0.3 is 5.97 Å². The van der Waals surface area contributed by atoms with E-state index in [-0.39, 0.29) is 12.8 Å². The highest BCUT2D eigenvalue weighted by Crippen LogP contribution is 2.06. The third-order valence-corrected chi connectivity index (χ3v) is 5.21. The Kier molecular flexibility index (Phi) is 10.1. The van der Waals surface area contributed by atoms with Crippen molar-refractivity contribution < 1.29 is 29.1 Å². The number of hydrogen-bond donors (Lipinski definition) is 8. The summed E-state index contributed by atoms with van der Waals surface area (Å²) in [7, 11) is 0. The quantitative estimate of drug-likeness (QED) is 0.133. The molecule has 0 radical (unpaired) electrons. The van der Waals surface area contributed by atoms with Crippen molar-refractivity contribution >= 4 is 29.6 Å². The van der Waals surface area contributed by atoms with Gasteiger partial charge in [0, 0.05) is 36.6 Å². The van der Waals surface area contributed by atoms with Crippen LogP contribution in [0.3, 0.4) is 0 Å². The number of carboxylic acid groups (broad SMARTS) is 1. The fourth-order valence-electron chi connectivity index (χ4n) is 3.28. The Hall–Kier alpha value is -4.27. The van der Waals surface area contributed by atoms with Crippen molar-refractivity contribution in [2.24, 2.45) is 17.4 Å². The molecule has 0 aromatic carbocycles.